The van der Waals surface area contributed by atoms with Crippen LogP contribution in [0.2, 0.25) is 0 Å². The van der Waals surface area contributed by atoms with E-state index in [-0.39, 0.29) is 0 Å². The lowest BCUT2D eigenvalue weighted by Gasteiger charge is -1.95. The molecule has 0 unspecified atom stereocenters. The monoisotopic (exact) mass is 323 g/mol. The van der Waals surface area contributed by atoms with Gasteiger partial charge in [0.15, 0.2) is 0 Å². The van der Waals surface area contributed by atoms with Gasteiger partial charge in [0.1, 0.15) is 5.01 Å². The van der Waals surface area contributed by atoms with Crippen molar-refractivity contribution in [2.24, 2.45) is 0 Å². The summed E-state index contributed by atoms with van der Waals surface area (Å²) in [5.41, 5.74) is 2.02. The maximum atomic E-state index is 5.06. The Labute approximate surface area is 116 Å². The van der Waals surface area contributed by atoms with Crippen molar-refractivity contribution >= 4 is 32.2 Å². The Kier molecular flexibility index (Phi) is 3.15. The van der Waals surface area contributed by atoms with Crippen LogP contribution < -0.4 is 0 Å². The minimum Gasteiger partial charge on any atom is -0.377 e. The lowest BCUT2D eigenvalue weighted by atomic mass is 10.2. The first kappa shape index (κ1) is 11.8. The molecule has 6 heteroatoms. The van der Waals surface area contributed by atoms with E-state index < -0.39 is 0 Å². The minimum absolute atomic E-state index is 0.529. The highest BCUT2D eigenvalue weighted by atomic mass is 79.9. The van der Waals surface area contributed by atoms with Crippen LogP contribution in [-0.4, -0.2) is 21.7 Å². The largest absolute Gasteiger partial charge is 0.377 e. The molecule has 0 aliphatic rings. The summed E-state index contributed by atoms with van der Waals surface area (Å²) in [6, 6.07) is 8.08. The van der Waals surface area contributed by atoms with E-state index in [0.29, 0.717) is 6.61 Å². The van der Waals surface area contributed by atoms with Crippen LogP contribution in [0.1, 0.15) is 5.01 Å². The van der Waals surface area contributed by atoms with E-state index in [1.54, 1.807) is 23.0 Å². The van der Waals surface area contributed by atoms with E-state index >= 15 is 0 Å². The molecule has 0 atom stereocenters. The second-order valence-corrected chi connectivity index (χ2v) is 5.75. The summed E-state index contributed by atoms with van der Waals surface area (Å²) in [4.78, 5) is 5.45. The Balaban J connectivity index is 1.98. The van der Waals surface area contributed by atoms with E-state index in [2.05, 4.69) is 26.0 Å². The summed E-state index contributed by atoms with van der Waals surface area (Å²) < 4.78 is 7.92. The molecule has 0 radical (unpaired) electrons. The molecule has 1 aromatic carbocycles. The average molecular weight is 324 g/mol. The lowest BCUT2D eigenvalue weighted by Crippen LogP contribution is -1.88. The molecule has 2 aromatic heterocycles. The van der Waals surface area contributed by atoms with Gasteiger partial charge in [-0.25, -0.2) is 9.50 Å². The third kappa shape index (κ3) is 2.19. The van der Waals surface area contributed by atoms with Gasteiger partial charge in [0.2, 0.25) is 4.96 Å². The molecular weight excluding hydrogens is 314 g/mol. The molecule has 0 aliphatic heterocycles. The molecule has 0 N–H and O–H groups in total. The van der Waals surface area contributed by atoms with Crippen molar-refractivity contribution in [3.63, 3.8) is 0 Å². The fourth-order valence-electron chi connectivity index (χ4n) is 1.68. The fraction of sp³-hybridized carbons (Fsp3) is 0.167. The molecule has 3 aromatic rings. The molecule has 0 fully saturated rings. The summed E-state index contributed by atoms with van der Waals surface area (Å²) in [6.45, 7) is 0.529. The van der Waals surface area contributed by atoms with Crippen LogP contribution in [0, 0.1) is 0 Å². The van der Waals surface area contributed by atoms with E-state index in [1.807, 2.05) is 30.5 Å². The highest BCUT2D eigenvalue weighted by Gasteiger charge is 2.09. The second-order valence-electron chi connectivity index (χ2n) is 3.79. The number of hydrogen-bond donors (Lipinski definition) is 0. The lowest BCUT2D eigenvalue weighted by molar-refractivity contribution is 0.183. The summed E-state index contributed by atoms with van der Waals surface area (Å²) in [5, 5.41) is 5.34. The third-order valence-corrected chi connectivity index (χ3v) is 3.92. The van der Waals surface area contributed by atoms with Gasteiger partial charge in [-0.1, -0.05) is 39.4 Å². The first-order chi connectivity index (χ1) is 8.76. The van der Waals surface area contributed by atoms with E-state index in [4.69, 9.17) is 4.74 Å². The zero-order valence-electron chi connectivity index (χ0n) is 9.63. The molecule has 18 heavy (non-hydrogen) atoms. The number of imidazole rings is 1. The van der Waals surface area contributed by atoms with Gasteiger partial charge in [-0.15, -0.1) is 0 Å². The van der Waals surface area contributed by atoms with Crippen molar-refractivity contribution in [2.45, 2.75) is 6.61 Å². The summed E-state index contributed by atoms with van der Waals surface area (Å²) >= 11 is 4.97. The average Bonchev–Trinajstić information content (AvgIpc) is 2.88. The highest BCUT2D eigenvalue weighted by molar-refractivity contribution is 9.10. The van der Waals surface area contributed by atoms with Gasteiger partial charge < -0.3 is 4.74 Å². The Morgan fingerprint density at radius 2 is 2.11 bits per heavy atom. The predicted molar refractivity (Wildman–Crippen MR) is 74.7 cm³/mol. The zero-order valence-corrected chi connectivity index (χ0v) is 12.0. The SMILES string of the molecule is COCc1nn2cc(-c3ccc(Br)cc3)nc2s1. The highest BCUT2D eigenvalue weighted by Crippen LogP contribution is 2.23. The summed E-state index contributed by atoms with van der Waals surface area (Å²) in [7, 11) is 1.66. The van der Waals surface area contributed by atoms with Crippen molar-refractivity contribution in [1.29, 1.82) is 0 Å². The molecule has 2 heterocycles. The Hall–Kier alpha value is -1.24. The van der Waals surface area contributed by atoms with Crippen LogP contribution in [0.5, 0.6) is 0 Å². The molecule has 0 saturated carbocycles. The molecule has 0 aliphatic carbocycles. The predicted octanol–water partition coefficient (Wildman–Crippen LogP) is 3.37. The van der Waals surface area contributed by atoms with Crippen molar-refractivity contribution in [2.75, 3.05) is 7.11 Å². The van der Waals surface area contributed by atoms with Crippen LogP contribution in [0.3, 0.4) is 0 Å². The maximum absolute atomic E-state index is 5.06. The smallest absolute Gasteiger partial charge is 0.212 e. The zero-order chi connectivity index (χ0) is 12.5. The topological polar surface area (TPSA) is 39.4 Å². The van der Waals surface area contributed by atoms with Crippen LogP contribution >= 0.6 is 27.3 Å². The second kappa shape index (κ2) is 4.79. The Morgan fingerprint density at radius 1 is 1.33 bits per heavy atom. The molecule has 0 saturated heterocycles. The van der Waals surface area contributed by atoms with E-state index in [9.17, 15) is 0 Å². The summed E-state index contributed by atoms with van der Waals surface area (Å²) in [5.74, 6) is 0. The maximum Gasteiger partial charge on any atom is 0.212 e. The number of methoxy groups -OCH3 is 1. The minimum atomic E-state index is 0.529. The van der Waals surface area contributed by atoms with Crippen LogP contribution in [-0.2, 0) is 11.3 Å². The van der Waals surface area contributed by atoms with Crippen molar-refractivity contribution in [3.8, 4) is 11.3 Å². The van der Waals surface area contributed by atoms with Gasteiger partial charge in [0.25, 0.3) is 0 Å². The number of ether oxygens (including phenoxy) is 1. The standard InChI is InChI=1S/C12H10BrN3OS/c1-17-7-11-15-16-6-10(14-12(16)18-11)8-2-4-9(13)5-3-8/h2-6H,7H2,1H3. The number of benzene rings is 1. The number of rotatable bonds is 3. The Bertz CT molecular complexity index is 643. The first-order valence-electron chi connectivity index (χ1n) is 5.36. The summed E-state index contributed by atoms with van der Waals surface area (Å²) in [6.07, 6.45) is 1.94. The Morgan fingerprint density at radius 3 is 2.78 bits per heavy atom. The van der Waals surface area contributed by atoms with Crippen LogP contribution in [0.25, 0.3) is 16.2 Å². The molecule has 92 valence electrons. The van der Waals surface area contributed by atoms with E-state index in [1.165, 1.54) is 0 Å². The van der Waals surface area contributed by atoms with E-state index in [0.717, 1.165) is 25.7 Å². The first-order valence-corrected chi connectivity index (χ1v) is 6.97. The normalized spacial score (nSPS) is 11.2. The van der Waals surface area contributed by atoms with Crippen molar-refractivity contribution in [1.82, 2.24) is 14.6 Å². The number of aromatic nitrogens is 3. The van der Waals surface area contributed by atoms with Gasteiger partial charge in [0.05, 0.1) is 18.5 Å². The molecular formula is C12H10BrN3OS. The number of hydrogen-bond acceptors (Lipinski definition) is 4. The quantitative estimate of drug-likeness (QED) is 0.741. The fourth-order valence-corrected chi connectivity index (χ4v) is 2.79. The van der Waals surface area contributed by atoms with Crippen LogP contribution in [0.4, 0.5) is 0 Å². The number of halogens is 1. The van der Waals surface area contributed by atoms with Crippen molar-refractivity contribution < 1.29 is 4.74 Å². The molecule has 0 spiro atoms. The van der Waals surface area contributed by atoms with Gasteiger partial charge in [-0.05, 0) is 12.1 Å². The molecule has 3 rings (SSSR count). The molecule has 0 amide bonds. The molecule has 0 bridgehead atoms. The van der Waals surface area contributed by atoms with Gasteiger partial charge in [0, 0.05) is 17.1 Å². The van der Waals surface area contributed by atoms with Gasteiger partial charge >= 0.3 is 0 Å². The van der Waals surface area contributed by atoms with Gasteiger partial charge in [-0.2, -0.15) is 5.10 Å². The molecule has 4 nitrogen and oxygen atoms in total. The van der Waals surface area contributed by atoms with Crippen molar-refractivity contribution in [3.05, 3.63) is 39.9 Å². The van der Waals surface area contributed by atoms with Gasteiger partial charge in [-0.3, -0.25) is 0 Å². The number of nitrogens with zero attached hydrogens (tertiary/aromatic N) is 3. The number of fused-ring (bicyclic) bond motifs is 1. The van der Waals surface area contributed by atoms with Crippen LogP contribution in [0.15, 0.2) is 34.9 Å². The third-order valence-electron chi connectivity index (χ3n) is 2.49.